The van der Waals surface area contributed by atoms with E-state index in [1.165, 1.54) is 0 Å². The molecule has 22 heavy (non-hydrogen) atoms. The van der Waals surface area contributed by atoms with Crippen LogP contribution in [0.4, 0.5) is 0 Å². The average molecular weight is 310 g/mol. The van der Waals surface area contributed by atoms with Crippen molar-refractivity contribution in [3.05, 3.63) is 0 Å². The molecule has 6 heteroatoms. The number of hydrogen-bond acceptors (Lipinski definition) is 4. The van der Waals surface area contributed by atoms with Crippen molar-refractivity contribution < 1.29 is 9.59 Å². The van der Waals surface area contributed by atoms with Gasteiger partial charge in [0.05, 0.1) is 6.04 Å². The molecule has 2 fully saturated rings. The fourth-order valence-corrected chi connectivity index (χ4v) is 3.34. The molecule has 0 aromatic rings. The van der Waals surface area contributed by atoms with E-state index in [-0.39, 0.29) is 11.8 Å². The third-order valence-corrected chi connectivity index (χ3v) is 4.95. The van der Waals surface area contributed by atoms with Crippen LogP contribution in [0.5, 0.6) is 0 Å². The normalized spacial score (nSPS) is 22.7. The lowest BCUT2D eigenvalue weighted by Crippen LogP contribution is -2.49. The van der Waals surface area contributed by atoms with Crippen molar-refractivity contribution in [2.75, 3.05) is 45.8 Å². The van der Waals surface area contributed by atoms with E-state index >= 15 is 0 Å². The van der Waals surface area contributed by atoms with E-state index in [9.17, 15) is 9.59 Å². The summed E-state index contributed by atoms with van der Waals surface area (Å²) in [5, 5.41) is 0. The summed E-state index contributed by atoms with van der Waals surface area (Å²) in [6.45, 7) is 10.1. The standard InChI is InChI=1S/C16H30N4O2/c1-3-18-8-10-19(11-9-18)15(21)12-14-4-6-20(7-5-14)16(22)13(2)17/h13-14H,3-12,17H2,1-2H3. The van der Waals surface area contributed by atoms with Crippen LogP contribution in [0, 0.1) is 5.92 Å². The Morgan fingerprint density at radius 2 is 1.64 bits per heavy atom. The SMILES string of the molecule is CCN1CCN(C(=O)CC2CCN(C(=O)C(C)N)CC2)CC1. The van der Waals surface area contributed by atoms with Crippen molar-refractivity contribution in [3.63, 3.8) is 0 Å². The van der Waals surface area contributed by atoms with Gasteiger partial charge in [-0.1, -0.05) is 6.92 Å². The first-order valence-electron chi connectivity index (χ1n) is 8.55. The van der Waals surface area contributed by atoms with E-state index in [0.29, 0.717) is 12.3 Å². The molecule has 2 rings (SSSR count). The first kappa shape index (κ1) is 17.2. The molecular weight excluding hydrogens is 280 g/mol. The fourth-order valence-electron chi connectivity index (χ4n) is 3.34. The summed E-state index contributed by atoms with van der Waals surface area (Å²) in [4.78, 5) is 30.5. The minimum atomic E-state index is -0.423. The maximum Gasteiger partial charge on any atom is 0.239 e. The van der Waals surface area contributed by atoms with E-state index in [1.807, 2.05) is 9.80 Å². The number of carbonyl (C=O) groups is 2. The van der Waals surface area contributed by atoms with Crippen molar-refractivity contribution in [3.8, 4) is 0 Å². The highest BCUT2D eigenvalue weighted by molar-refractivity contribution is 5.81. The van der Waals surface area contributed by atoms with E-state index in [1.54, 1.807) is 6.92 Å². The third-order valence-electron chi connectivity index (χ3n) is 4.95. The van der Waals surface area contributed by atoms with Gasteiger partial charge in [0.1, 0.15) is 0 Å². The lowest BCUT2D eigenvalue weighted by Gasteiger charge is -2.36. The van der Waals surface area contributed by atoms with E-state index in [0.717, 1.165) is 58.7 Å². The Balaban J connectivity index is 1.72. The molecule has 0 bridgehead atoms. The van der Waals surface area contributed by atoms with E-state index < -0.39 is 6.04 Å². The first-order chi connectivity index (χ1) is 10.5. The highest BCUT2D eigenvalue weighted by atomic mass is 16.2. The minimum Gasteiger partial charge on any atom is -0.341 e. The van der Waals surface area contributed by atoms with Gasteiger partial charge in [0, 0.05) is 45.7 Å². The summed E-state index contributed by atoms with van der Waals surface area (Å²) in [6, 6.07) is -0.423. The van der Waals surface area contributed by atoms with Gasteiger partial charge in [-0.05, 0) is 32.2 Å². The summed E-state index contributed by atoms with van der Waals surface area (Å²) < 4.78 is 0. The Morgan fingerprint density at radius 1 is 1.05 bits per heavy atom. The van der Waals surface area contributed by atoms with Crippen molar-refractivity contribution >= 4 is 11.8 Å². The maximum atomic E-state index is 12.4. The molecule has 2 saturated heterocycles. The summed E-state index contributed by atoms with van der Waals surface area (Å²) in [5.41, 5.74) is 5.65. The first-order valence-corrected chi connectivity index (χ1v) is 8.55. The number of amides is 2. The highest BCUT2D eigenvalue weighted by Crippen LogP contribution is 2.22. The second kappa shape index (κ2) is 7.92. The number of piperazine rings is 1. The predicted molar refractivity (Wildman–Crippen MR) is 86.3 cm³/mol. The molecule has 2 aliphatic heterocycles. The van der Waals surface area contributed by atoms with Gasteiger partial charge in [0.25, 0.3) is 0 Å². The Hall–Kier alpha value is -1.14. The zero-order valence-electron chi connectivity index (χ0n) is 14.0. The largest absolute Gasteiger partial charge is 0.341 e. The van der Waals surface area contributed by atoms with Gasteiger partial charge in [-0.3, -0.25) is 9.59 Å². The zero-order chi connectivity index (χ0) is 16.1. The smallest absolute Gasteiger partial charge is 0.239 e. The van der Waals surface area contributed by atoms with Gasteiger partial charge in [-0.15, -0.1) is 0 Å². The molecule has 0 radical (unpaired) electrons. The second-order valence-electron chi connectivity index (χ2n) is 6.58. The lowest BCUT2D eigenvalue weighted by atomic mass is 9.92. The van der Waals surface area contributed by atoms with Crippen LogP contribution >= 0.6 is 0 Å². The molecule has 126 valence electrons. The number of likely N-dealkylation sites (tertiary alicyclic amines) is 1. The molecule has 2 amide bonds. The van der Waals surface area contributed by atoms with Gasteiger partial charge < -0.3 is 20.4 Å². The number of nitrogens with two attached hydrogens (primary N) is 1. The Kier molecular flexibility index (Phi) is 6.20. The molecular formula is C16H30N4O2. The Labute approximate surface area is 133 Å². The van der Waals surface area contributed by atoms with Gasteiger partial charge in [0.2, 0.25) is 11.8 Å². The lowest BCUT2D eigenvalue weighted by molar-refractivity contribution is -0.135. The van der Waals surface area contributed by atoms with Gasteiger partial charge in [-0.25, -0.2) is 0 Å². The molecule has 2 N–H and O–H groups in total. The van der Waals surface area contributed by atoms with Gasteiger partial charge >= 0.3 is 0 Å². The summed E-state index contributed by atoms with van der Waals surface area (Å²) in [5.74, 6) is 0.724. The molecule has 1 unspecified atom stereocenters. The summed E-state index contributed by atoms with van der Waals surface area (Å²) in [7, 11) is 0. The van der Waals surface area contributed by atoms with Crippen molar-refractivity contribution in [1.82, 2.24) is 14.7 Å². The molecule has 0 aromatic carbocycles. The number of nitrogens with zero attached hydrogens (tertiary/aromatic N) is 3. The molecule has 0 spiro atoms. The van der Waals surface area contributed by atoms with E-state index in [4.69, 9.17) is 5.73 Å². The fraction of sp³-hybridized carbons (Fsp3) is 0.875. The number of hydrogen-bond donors (Lipinski definition) is 1. The van der Waals surface area contributed by atoms with Crippen LogP contribution < -0.4 is 5.73 Å². The van der Waals surface area contributed by atoms with Crippen LogP contribution in [-0.4, -0.2) is 78.4 Å². The highest BCUT2D eigenvalue weighted by Gasteiger charge is 2.28. The second-order valence-corrected chi connectivity index (χ2v) is 6.58. The molecule has 0 aliphatic carbocycles. The molecule has 2 heterocycles. The predicted octanol–water partition coefficient (Wildman–Crippen LogP) is 0.126. The molecule has 0 saturated carbocycles. The average Bonchev–Trinajstić information content (AvgIpc) is 2.54. The zero-order valence-corrected chi connectivity index (χ0v) is 14.0. The van der Waals surface area contributed by atoms with Crippen LogP contribution in [0.15, 0.2) is 0 Å². The number of likely N-dealkylation sites (N-methyl/N-ethyl adjacent to an activating group) is 1. The number of rotatable bonds is 4. The quantitative estimate of drug-likeness (QED) is 0.801. The molecule has 2 aliphatic rings. The van der Waals surface area contributed by atoms with Gasteiger partial charge in [0.15, 0.2) is 0 Å². The number of piperidine rings is 1. The molecule has 1 atom stereocenters. The van der Waals surface area contributed by atoms with Crippen molar-refractivity contribution in [1.29, 1.82) is 0 Å². The van der Waals surface area contributed by atoms with Crippen LogP contribution in [-0.2, 0) is 9.59 Å². The number of carbonyl (C=O) groups excluding carboxylic acids is 2. The topological polar surface area (TPSA) is 69.9 Å². The third kappa shape index (κ3) is 4.43. The maximum absolute atomic E-state index is 12.4. The Morgan fingerprint density at radius 3 is 2.14 bits per heavy atom. The molecule has 0 aromatic heterocycles. The van der Waals surface area contributed by atoms with Crippen LogP contribution in [0.1, 0.15) is 33.1 Å². The van der Waals surface area contributed by atoms with Crippen LogP contribution in [0.2, 0.25) is 0 Å². The summed E-state index contributed by atoms with van der Waals surface area (Å²) >= 11 is 0. The monoisotopic (exact) mass is 310 g/mol. The van der Waals surface area contributed by atoms with Gasteiger partial charge in [-0.2, -0.15) is 0 Å². The molecule has 6 nitrogen and oxygen atoms in total. The Bertz CT molecular complexity index is 384. The van der Waals surface area contributed by atoms with Crippen molar-refractivity contribution in [2.45, 2.75) is 39.2 Å². The van der Waals surface area contributed by atoms with Crippen LogP contribution in [0.25, 0.3) is 0 Å². The minimum absolute atomic E-state index is 0.0282. The van der Waals surface area contributed by atoms with Crippen molar-refractivity contribution in [2.24, 2.45) is 11.7 Å². The van der Waals surface area contributed by atoms with Crippen LogP contribution in [0.3, 0.4) is 0 Å². The summed E-state index contributed by atoms with van der Waals surface area (Å²) in [6.07, 6.45) is 2.46. The van der Waals surface area contributed by atoms with E-state index in [2.05, 4.69) is 11.8 Å².